The van der Waals surface area contributed by atoms with Gasteiger partial charge >= 0.3 is 12.0 Å². The summed E-state index contributed by atoms with van der Waals surface area (Å²) in [5.74, 6) is -1.54. The maximum atomic E-state index is 12.6. The minimum absolute atomic E-state index is 0.00891. The molecule has 27 heavy (non-hydrogen) atoms. The SMILES string of the molecule is CNC(=O)NC(=O)C(OC(=O)c1cc(Cl)c(N)cc1OC)c1ccccc1. The molecule has 0 aliphatic rings. The fraction of sp³-hybridized carbons (Fsp3) is 0.167. The number of nitrogens with one attached hydrogen (secondary N) is 2. The van der Waals surface area contributed by atoms with Crippen molar-refractivity contribution in [3.8, 4) is 5.75 Å². The molecular formula is C18H18ClN3O5. The van der Waals surface area contributed by atoms with E-state index in [2.05, 4.69) is 10.6 Å². The Kier molecular flexibility index (Phi) is 6.62. The number of carbonyl (C=O) groups is 3. The molecular weight excluding hydrogens is 374 g/mol. The minimum atomic E-state index is -1.36. The number of imide groups is 1. The summed E-state index contributed by atoms with van der Waals surface area (Å²) < 4.78 is 10.5. The third-order valence-electron chi connectivity index (χ3n) is 3.57. The zero-order chi connectivity index (χ0) is 20.0. The topological polar surface area (TPSA) is 120 Å². The highest BCUT2D eigenvalue weighted by Gasteiger charge is 2.28. The number of nitrogens with two attached hydrogens (primary N) is 1. The van der Waals surface area contributed by atoms with Gasteiger partial charge in [0.15, 0.2) is 0 Å². The van der Waals surface area contributed by atoms with E-state index in [0.29, 0.717) is 5.56 Å². The predicted octanol–water partition coefficient (Wildman–Crippen LogP) is 2.28. The molecule has 0 aliphatic carbocycles. The quantitative estimate of drug-likeness (QED) is 0.531. The minimum Gasteiger partial charge on any atom is -0.496 e. The molecule has 0 heterocycles. The van der Waals surface area contributed by atoms with Crippen molar-refractivity contribution >= 4 is 35.2 Å². The van der Waals surface area contributed by atoms with E-state index in [-0.39, 0.29) is 22.0 Å². The lowest BCUT2D eigenvalue weighted by Crippen LogP contribution is -2.41. The first-order valence-corrected chi connectivity index (χ1v) is 8.16. The zero-order valence-electron chi connectivity index (χ0n) is 14.6. The molecule has 1 unspecified atom stereocenters. The van der Waals surface area contributed by atoms with E-state index < -0.39 is 24.0 Å². The summed E-state index contributed by atoms with van der Waals surface area (Å²) in [7, 11) is 2.71. The van der Waals surface area contributed by atoms with Gasteiger partial charge in [0.2, 0.25) is 6.10 Å². The summed E-state index contributed by atoms with van der Waals surface area (Å²) in [6.07, 6.45) is -1.36. The Bertz CT molecular complexity index is 858. The van der Waals surface area contributed by atoms with Crippen LogP contribution in [0.1, 0.15) is 22.0 Å². The number of rotatable bonds is 5. The van der Waals surface area contributed by atoms with Gasteiger partial charge < -0.3 is 20.5 Å². The van der Waals surface area contributed by atoms with Gasteiger partial charge in [-0.2, -0.15) is 0 Å². The summed E-state index contributed by atoms with van der Waals surface area (Å²) in [6, 6.07) is 10.2. The van der Waals surface area contributed by atoms with Crippen molar-refractivity contribution in [2.24, 2.45) is 0 Å². The Balaban J connectivity index is 2.35. The Morgan fingerprint density at radius 1 is 1.15 bits per heavy atom. The fourth-order valence-corrected chi connectivity index (χ4v) is 2.37. The van der Waals surface area contributed by atoms with Crippen LogP contribution in [0.4, 0.5) is 10.5 Å². The number of hydrogen-bond donors (Lipinski definition) is 3. The number of benzene rings is 2. The number of halogens is 1. The van der Waals surface area contributed by atoms with E-state index >= 15 is 0 Å². The van der Waals surface area contributed by atoms with Crippen molar-refractivity contribution in [1.29, 1.82) is 0 Å². The monoisotopic (exact) mass is 391 g/mol. The lowest BCUT2D eigenvalue weighted by Gasteiger charge is -2.18. The molecule has 0 aliphatic heterocycles. The largest absolute Gasteiger partial charge is 0.496 e. The lowest BCUT2D eigenvalue weighted by molar-refractivity contribution is -0.129. The average Bonchev–Trinajstić information content (AvgIpc) is 2.67. The number of hydrogen-bond acceptors (Lipinski definition) is 6. The van der Waals surface area contributed by atoms with E-state index in [4.69, 9.17) is 26.8 Å². The molecule has 142 valence electrons. The third-order valence-corrected chi connectivity index (χ3v) is 3.90. The van der Waals surface area contributed by atoms with Gasteiger partial charge in [-0.1, -0.05) is 41.9 Å². The number of ether oxygens (including phenoxy) is 2. The molecule has 4 N–H and O–H groups in total. The molecule has 3 amide bonds. The second kappa shape index (κ2) is 8.91. The van der Waals surface area contributed by atoms with Crippen molar-refractivity contribution in [3.63, 3.8) is 0 Å². The van der Waals surface area contributed by atoms with Gasteiger partial charge in [-0.05, 0) is 6.07 Å². The van der Waals surface area contributed by atoms with Crippen molar-refractivity contribution in [2.45, 2.75) is 6.10 Å². The van der Waals surface area contributed by atoms with E-state index in [0.717, 1.165) is 0 Å². The van der Waals surface area contributed by atoms with Gasteiger partial charge in [0.1, 0.15) is 11.3 Å². The molecule has 2 aromatic carbocycles. The average molecular weight is 392 g/mol. The van der Waals surface area contributed by atoms with Crippen molar-refractivity contribution in [2.75, 3.05) is 19.9 Å². The molecule has 0 saturated carbocycles. The summed E-state index contributed by atoms with van der Waals surface area (Å²) >= 11 is 5.97. The van der Waals surface area contributed by atoms with Gasteiger partial charge in [-0.3, -0.25) is 10.1 Å². The number of nitrogen functional groups attached to an aromatic ring is 1. The zero-order valence-corrected chi connectivity index (χ0v) is 15.4. The Morgan fingerprint density at radius 3 is 2.41 bits per heavy atom. The van der Waals surface area contributed by atoms with E-state index in [9.17, 15) is 14.4 Å². The van der Waals surface area contributed by atoms with Crippen LogP contribution in [-0.4, -0.2) is 32.1 Å². The Hall–Kier alpha value is -3.26. The molecule has 1 atom stereocenters. The van der Waals surface area contributed by atoms with Crippen molar-refractivity contribution < 1.29 is 23.9 Å². The van der Waals surface area contributed by atoms with Gasteiger partial charge in [0.05, 0.1) is 17.8 Å². The van der Waals surface area contributed by atoms with Crippen LogP contribution >= 0.6 is 11.6 Å². The van der Waals surface area contributed by atoms with Crippen LogP contribution in [0.15, 0.2) is 42.5 Å². The maximum Gasteiger partial charge on any atom is 0.343 e. The molecule has 2 rings (SSSR count). The van der Waals surface area contributed by atoms with Crippen molar-refractivity contribution in [3.05, 3.63) is 58.6 Å². The van der Waals surface area contributed by atoms with E-state index in [1.807, 2.05) is 0 Å². The van der Waals surface area contributed by atoms with Crippen LogP contribution in [0.3, 0.4) is 0 Å². The molecule has 0 aromatic heterocycles. The summed E-state index contributed by atoms with van der Waals surface area (Å²) in [5, 5.41) is 4.48. The van der Waals surface area contributed by atoms with E-state index in [1.54, 1.807) is 30.3 Å². The molecule has 0 bridgehead atoms. The summed E-state index contributed by atoms with van der Waals surface area (Å²) in [5.41, 5.74) is 6.30. The van der Waals surface area contributed by atoms with Crippen LogP contribution in [0.5, 0.6) is 5.75 Å². The van der Waals surface area contributed by atoms with Crippen LogP contribution in [0.2, 0.25) is 5.02 Å². The second-order valence-electron chi connectivity index (χ2n) is 5.34. The number of carbonyl (C=O) groups excluding carboxylic acids is 3. The van der Waals surface area contributed by atoms with Crippen LogP contribution in [0, 0.1) is 0 Å². The maximum absolute atomic E-state index is 12.6. The first-order valence-electron chi connectivity index (χ1n) is 7.78. The highest BCUT2D eigenvalue weighted by atomic mass is 35.5. The van der Waals surface area contributed by atoms with Crippen LogP contribution < -0.4 is 21.1 Å². The lowest BCUT2D eigenvalue weighted by atomic mass is 10.1. The second-order valence-corrected chi connectivity index (χ2v) is 5.75. The van der Waals surface area contributed by atoms with Crippen molar-refractivity contribution in [1.82, 2.24) is 10.6 Å². The predicted molar refractivity (Wildman–Crippen MR) is 99.6 cm³/mol. The summed E-state index contributed by atoms with van der Waals surface area (Å²) in [6.45, 7) is 0. The Labute approximate surface area is 160 Å². The molecule has 2 aromatic rings. The van der Waals surface area contributed by atoms with Gasteiger partial charge in [-0.25, -0.2) is 9.59 Å². The first-order chi connectivity index (χ1) is 12.9. The van der Waals surface area contributed by atoms with Gasteiger partial charge in [0, 0.05) is 18.7 Å². The number of urea groups is 1. The van der Waals surface area contributed by atoms with Crippen LogP contribution in [-0.2, 0) is 9.53 Å². The highest BCUT2D eigenvalue weighted by Crippen LogP contribution is 2.30. The first kappa shape index (κ1) is 20.1. The number of anilines is 1. The fourth-order valence-electron chi connectivity index (χ4n) is 2.21. The highest BCUT2D eigenvalue weighted by molar-refractivity contribution is 6.33. The molecule has 0 saturated heterocycles. The van der Waals surface area contributed by atoms with Crippen LogP contribution in [0.25, 0.3) is 0 Å². The third kappa shape index (κ3) is 4.89. The number of methoxy groups -OCH3 is 1. The number of amides is 3. The van der Waals surface area contributed by atoms with Gasteiger partial charge in [-0.15, -0.1) is 0 Å². The molecule has 0 radical (unpaired) electrons. The molecule has 0 fully saturated rings. The molecule has 9 heteroatoms. The summed E-state index contributed by atoms with van der Waals surface area (Å²) in [4.78, 5) is 36.5. The normalized spacial score (nSPS) is 11.2. The molecule has 8 nitrogen and oxygen atoms in total. The van der Waals surface area contributed by atoms with Gasteiger partial charge in [0.25, 0.3) is 5.91 Å². The Morgan fingerprint density at radius 2 is 1.81 bits per heavy atom. The number of esters is 1. The standard InChI is InChI=1S/C18H18ClN3O5/c1-21-18(25)22-16(23)15(10-6-4-3-5-7-10)27-17(24)11-8-12(19)13(20)9-14(11)26-2/h3-9,15H,20H2,1-2H3,(H2,21,22,23,25). The van der Waals surface area contributed by atoms with E-state index in [1.165, 1.54) is 26.3 Å². The molecule has 0 spiro atoms. The smallest absolute Gasteiger partial charge is 0.343 e.